The van der Waals surface area contributed by atoms with E-state index in [0.29, 0.717) is 44.1 Å². The number of hydrogen-bond donors (Lipinski definition) is 1. The fourth-order valence-electron chi connectivity index (χ4n) is 4.59. The van der Waals surface area contributed by atoms with Crippen molar-refractivity contribution in [2.45, 2.75) is 51.1 Å². The summed E-state index contributed by atoms with van der Waals surface area (Å²) in [5, 5.41) is 2.33. The Morgan fingerprint density at radius 2 is 1.93 bits per heavy atom. The van der Waals surface area contributed by atoms with Crippen LogP contribution in [0, 0.1) is 0 Å². The molecule has 8 nitrogen and oxygen atoms in total. The van der Waals surface area contributed by atoms with E-state index in [-0.39, 0.29) is 30.7 Å². The molecule has 3 aliphatic rings. The summed E-state index contributed by atoms with van der Waals surface area (Å²) in [6, 6.07) is 5.32. The summed E-state index contributed by atoms with van der Waals surface area (Å²) in [7, 11) is 0. The number of hydrogen-bond acceptors (Lipinski definition) is 5. The van der Waals surface area contributed by atoms with Gasteiger partial charge in [0, 0.05) is 38.2 Å². The average molecular weight is 413 g/mol. The van der Waals surface area contributed by atoms with Crippen LogP contribution in [0.25, 0.3) is 0 Å². The number of ether oxygens (including phenoxy) is 1. The Morgan fingerprint density at radius 3 is 2.63 bits per heavy atom. The molecule has 0 radical (unpaired) electrons. The maximum atomic E-state index is 12.8. The smallest absolute Gasteiger partial charge is 0.255 e. The minimum absolute atomic E-state index is 0.0368. The van der Waals surface area contributed by atoms with Crippen molar-refractivity contribution in [3.8, 4) is 0 Å². The van der Waals surface area contributed by atoms with Gasteiger partial charge in [0.1, 0.15) is 12.6 Å². The van der Waals surface area contributed by atoms with Gasteiger partial charge in [-0.1, -0.05) is 12.1 Å². The van der Waals surface area contributed by atoms with Gasteiger partial charge in [-0.15, -0.1) is 0 Å². The third kappa shape index (κ3) is 3.96. The maximum Gasteiger partial charge on any atom is 0.255 e. The summed E-state index contributed by atoms with van der Waals surface area (Å²) in [6.45, 7) is 4.34. The number of nitrogens with zero attached hydrogens (tertiary/aromatic N) is 2. The Balaban J connectivity index is 1.41. The van der Waals surface area contributed by atoms with Crippen LogP contribution in [0.1, 0.15) is 60.0 Å². The summed E-state index contributed by atoms with van der Waals surface area (Å²) in [5.74, 6) is -0.450. The molecule has 0 aromatic heterocycles. The lowest BCUT2D eigenvalue weighted by molar-refractivity contribution is -0.138. The van der Waals surface area contributed by atoms with Crippen molar-refractivity contribution in [2.24, 2.45) is 0 Å². The molecule has 1 unspecified atom stereocenters. The van der Waals surface area contributed by atoms with E-state index in [1.165, 1.54) is 5.56 Å². The van der Waals surface area contributed by atoms with E-state index in [2.05, 4.69) is 11.4 Å². The summed E-state index contributed by atoms with van der Waals surface area (Å²) in [5.41, 5.74) is 2.73. The Bertz CT molecular complexity index is 876. The largest absolute Gasteiger partial charge is 0.372 e. The molecule has 1 aromatic rings. The number of likely N-dealkylation sites (tertiary alicyclic amines) is 1. The number of carbonyl (C=O) groups excluding carboxylic acids is 4. The van der Waals surface area contributed by atoms with Crippen molar-refractivity contribution < 1.29 is 23.9 Å². The van der Waals surface area contributed by atoms with Gasteiger partial charge in [0.25, 0.3) is 5.91 Å². The van der Waals surface area contributed by atoms with Gasteiger partial charge in [-0.2, -0.15) is 0 Å². The molecule has 0 bridgehead atoms. The fourth-order valence-corrected chi connectivity index (χ4v) is 4.59. The molecule has 0 saturated carbocycles. The van der Waals surface area contributed by atoms with Gasteiger partial charge in [-0.3, -0.25) is 24.5 Å². The third-order valence-corrected chi connectivity index (χ3v) is 6.30. The van der Waals surface area contributed by atoms with Crippen LogP contribution in [0.4, 0.5) is 0 Å². The van der Waals surface area contributed by atoms with E-state index in [1.807, 2.05) is 24.0 Å². The third-order valence-electron chi connectivity index (χ3n) is 6.30. The van der Waals surface area contributed by atoms with E-state index in [4.69, 9.17) is 4.74 Å². The summed E-state index contributed by atoms with van der Waals surface area (Å²) in [6.07, 6.45) is 2.37. The highest BCUT2D eigenvalue weighted by molar-refractivity contribution is 6.05. The fraction of sp³-hybridized carbons (Fsp3) is 0.545. The van der Waals surface area contributed by atoms with E-state index < -0.39 is 11.9 Å². The molecule has 3 heterocycles. The van der Waals surface area contributed by atoms with E-state index in [9.17, 15) is 19.2 Å². The van der Waals surface area contributed by atoms with E-state index >= 15 is 0 Å². The number of imide groups is 1. The van der Waals surface area contributed by atoms with Crippen LogP contribution in [-0.2, 0) is 25.7 Å². The number of fused-ring (bicyclic) bond motifs is 1. The number of nitrogens with one attached hydrogen (secondary N) is 1. The van der Waals surface area contributed by atoms with Gasteiger partial charge in [0.2, 0.25) is 17.7 Å². The Hall–Kier alpha value is -2.74. The van der Waals surface area contributed by atoms with Crippen LogP contribution in [0.3, 0.4) is 0 Å². The Labute approximate surface area is 175 Å². The van der Waals surface area contributed by atoms with Crippen LogP contribution >= 0.6 is 0 Å². The van der Waals surface area contributed by atoms with Gasteiger partial charge in [0.15, 0.2) is 0 Å². The van der Waals surface area contributed by atoms with Crippen molar-refractivity contribution >= 4 is 23.6 Å². The molecule has 0 aliphatic carbocycles. The van der Waals surface area contributed by atoms with Gasteiger partial charge >= 0.3 is 0 Å². The van der Waals surface area contributed by atoms with Gasteiger partial charge in [-0.05, 0) is 49.3 Å². The van der Waals surface area contributed by atoms with Crippen LogP contribution in [0.2, 0.25) is 0 Å². The molecule has 2 fully saturated rings. The second-order valence-corrected chi connectivity index (χ2v) is 8.11. The molecule has 30 heavy (non-hydrogen) atoms. The molecule has 160 valence electrons. The first kappa shape index (κ1) is 20.5. The van der Waals surface area contributed by atoms with Crippen molar-refractivity contribution in [1.29, 1.82) is 0 Å². The highest BCUT2D eigenvalue weighted by Crippen LogP contribution is 2.33. The highest BCUT2D eigenvalue weighted by atomic mass is 16.5. The topological polar surface area (TPSA) is 96.0 Å². The molecule has 0 spiro atoms. The first-order valence-electron chi connectivity index (χ1n) is 10.6. The minimum atomic E-state index is -0.592. The molecule has 2 saturated heterocycles. The number of carbonyl (C=O) groups is 4. The van der Waals surface area contributed by atoms with Gasteiger partial charge in [0.05, 0.1) is 0 Å². The Morgan fingerprint density at radius 1 is 1.17 bits per heavy atom. The zero-order chi connectivity index (χ0) is 21.3. The molecule has 4 rings (SSSR count). The minimum Gasteiger partial charge on any atom is -0.372 e. The zero-order valence-corrected chi connectivity index (χ0v) is 17.2. The summed E-state index contributed by atoms with van der Waals surface area (Å²) >= 11 is 0. The molecule has 3 aliphatic heterocycles. The Kier molecular flexibility index (Phi) is 5.85. The van der Waals surface area contributed by atoms with Gasteiger partial charge < -0.3 is 14.5 Å². The number of piperidine rings is 2. The first-order chi connectivity index (χ1) is 14.5. The SMILES string of the molecule is CCOCC(=O)N1CCC(c2ccc3c(c2)CN(C2CCC(=O)NC2=O)C3=O)CC1. The predicted octanol–water partition coefficient (Wildman–Crippen LogP) is 1.19. The quantitative estimate of drug-likeness (QED) is 0.732. The van der Waals surface area contributed by atoms with Crippen molar-refractivity contribution in [3.05, 3.63) is 34.9 Å². The number of rotatable bonds is 5. The van der Waals surface area contributed by atoms with Crippen LogP contribution in [0.5, 0.6) is 0 Å². The number of amides is 4. The van der Waals surface area contributed by atoms with Crippen molar-refractivity contribution in [1.82, 2.24) is 15.1 Å². The second kappa shape index (κ2) is 8.55. The highest BCUT2D eigenvalue weighted by Gasteiger charge is 2.39. The molecule has 1 aromatic carbocycles. The molecular formula is C22H27N3O5. The van der Waals surface area contributed by atoms with Crippen LogP contribution in [0.15, 0.2) is 18.2 Å². The van der Waals surface area contributed by atoms with Crippen molar-refractivity contribution in [2.75, 3.05) is 26.3 Å². The average Bonchev–Trinajstić information content (AvgIpc) is 3.07. The maximum absolute atomic E-state index is 12.8. The van der Waals surface area contributed by atoms with E-state index in [0.717, 1.165) is 18.4 Å². The van der Waals surface area contributed by atoms with Crippen LogP contribution in [-0.4, -0.2) is 65.8 Å². The standard InChI is InChI=1S/C22H27N3O5/c1-2-30-13-20(27)24-9-7-14(8-10-24)15-3-4-17-16(11-15)12-25(22(17)29)18-5-6-19(26)23-21(18)28/h3-4,11,14,18H,2,5-10,12-13H2,1H3,(H,23,26,28). The molecular weight excluding hydrogens is 386 g/mol. The normalized spacial score (nSPS) is 22.3. The lowest BCUT2D eigenvalue weighted by Gasteiger charge is -2.32. The lowest BCUT2D eigenvalue weighted by Crippen LogP contribution is -2.52. The number of benzene rings is 1. The molecule has 8 heteroatoms. The predicted molar refractivity (Wildman–Crippen MR) is 108 cm³/mol. The second-order valence-electron chi connectivity index (χ2n) is 8.11. The summed E-state index contributed by atoms with van der Waals surface area (Å²) < 4.78 is 5.22. The lowest BCUT2D eigenvalue weighted by atomic mass is 9.88. The monoisotopic (exact) mass is 413 g/mol. The zero-order valence-electron chi connectivity index (χ0n) is 17.2. The van der Waals surface area contributed by atoms with Crippen LogP contribution < -0.4 is 5.32 Å². The van der Waals surface area contributed by atoms with Crippen molar-refractivity contribution in [3.63, 3.8) is 0 Å². The van der Waals surface area contributed by atoms with E-state index in [1.54, 1.807) is 4.90 Å². The first-order valence-corrected chi connectivity index (χ1v) is 10.6. The molecule has 1 N–H and O–H groups in total. The molecule has 1 atom stereocenters. The summed E-state index contributed by atoms with van der Waals surface area (Å²) in [4.78, 5) is 52.0. The van der Waals surface area contributed by atoms with Gasteiger partial charge in [-0.25, -0.2) is 0 Å². The molecule has 4 amide bonds.